The first-order valence-electron chi connectivity index (χ1n) is 5.69. The second-order valence-corrected chi connectivity index (χ2v) is 4.25. The maximum atomic E-state index is 12.2. The molecule has 0 radical (unpaired) electrons. The fourth-order valence-corrected chi connectivity index (χ4v) is 1.65. The molecule has 0 spiro atoms. The van der Waals surface area contributed by atoms with Crippen LogP contribution in [0, 0.1) is 6.92 Å². The number of aromatic hydroxyl groups is 1. The zero-order valence-corrected chi connectivity index (χ0v) is 10.7. The molecule has 1 amide bonds. The molecule has 17 heavy (non-hydrogen) atoms. The van der Waals surface area contributed by atoms with Crippen molar-refractivity contribution in [2.75, 3.05) is 13.1 Å². The molecule has 1 rings (SSSR count). The molecule has 1 aromatic carbocycles. The summed E-state index contributed by atoms with van der Waals surface area (Å²) in [5.74, 6) is -0.0886. The van der Waals surface area contributed by atoms with Crippen LogP contribution in [-0.4, -0.2) is 29.0 Å². The van der Waals surface area contributed by atoms with E-state index in [1.165, 1.54) is 0 Å². The van der Waals surface area contributed by atoms with Crippen LogP contribution >= 0.6 is 0 Å². The van der Waals surface area contributed by atoms with E-state index in [9.17, 15) is 9.90 Å². The Labute approximate surface area is 102 Å². The van der Waals surface area contributed by atoms with Crippen molar-refractivity contribution < 1.29 is 9.90 Å². The van der Waals surface area contributed by atoms with Gasteiger partial charge in [0.1, 0.15) is 5.75 Å². The van der Waals surface area contributed by atoms with E-state index >= 15 is 0 Å². The van der Waals surface area contributed by atoms with E-state index < -0.39 is 0 Å². The smallest absolute Gasteiger partial charge is 0.257 e. The van der Waals surface area contributed by atoms with Crippen LogP contribution in [0.1, 0.15) is 29.8 Å². The van der Waals surface area contributed by atoms with Crippen molar-refractivity contribution in [3.05, 3.63) is 41.5 Å². The lowest BCUT2D eigenvalue weighted by Gasteiger charge is -2.21. The number of likely N-dealkylation sites (N-methyl/N-ethyl adjacent to an activating group) is 1. The van der Waals surface area contributed by atoms with E-state index in [2.05, 4.69) is 6.58 Å². The average molecular weight is 233 g/mol. The van der Waals surface area contributed by atoms with Gasteiger partial charge in [-0.3, -0.25) is 4.79 Å². The minimum atomic E-state index is -0.156. The summed E-state index contributed by atoms with van der Waals surface area (Å²) in [5, 5.41) is 9.88. The first-order valence-corrected chi connectivity index (χ1v) is 5.69. The molecule has 0 aliphatic rings. The fourth-order valence-electron chi connectivity index (χ4n) is 1.65. The molecule has 0 unspecified atom stereocenters. The summed E-state index contributed by atoms with van der Waals surface area (Å²) < 4.78 is 0. The second kappa shape index (κ2) is 5.53. The van der Waals surface area contributed by atoms with Crippen molar-refractivity contribution in [1.82, 2.24) is 4.90 Å². The summed E-state index contributed by atoms with van der Waals surface area (Å²) in [6.07, 6.45) is 0. The highest BCUT2D eigenvalue weighted by molar-refractivity contribution is 5.97. The van der Waals surface area contributed by atoms with Gasteiger partial charge in [0, 0.05) is 13.1 Å². The normalized spacial score (nSPS) is 10.1. The lowest BCUT2D eigenvalue weighted by molar-refractivity contribution is 0.0775. The third kappa shape index (κ3) is 3.09. The van der Waals surface area contributed by atoms with E-state index in [1.807, 2.05) is 13.8 Å². The number of phenolic OH excluding ortho intramolecular Hbond substituents is 1. The van der Waals surface area contributed by atoms with Gasteiger partial charge in [0.15, 0.2) is 0 Å². The number of carbonyl (C=O) groups is 1. The molecule has 0 saturated heterocycles. The van der Waals surface area contributed by atoms with Gasteiger partial charge < -0.3 is 10.0 Å². The number of para-hydroxylation sites is 1. The first-order chi connectivity index (χ1) is 7.97. The van der Waals surface area contributed by atoms with E-state index in [4.69, 9.17) is 0 Å². The monoisotopic (exact) mass is 233 g/mol. The lowest BCUT2D eigenvalue weighted by atomic mass is 10.1. The minimum Gasteiger partial charge on any atom is -0.507 e. The number of phenols is 1. The summed E-state index contributed by atoms with van der Waals surface area (Å²) in [4.78, 5) is 13.9. The summed E-state index contributed by atoms with van der Waals surface area (Å²) in [5.41, 5.74) is 1.99. The molecule has 0 fully saturated rings. The molecule has 0 bridgehead atoms. The van der Waals surface area contributed by atoms with Crippen molar-refractivity contribution in [3.8, 4) is 5.75 Å². The molecule has 0 saturated carbocycles. The number of amides is 1. The third-order valence-corrected chi connectivity index (χ3v) is 2.60. The first kappa shape index (κ1) is 13.3. The Hall–Kier alpha value is -1.77. The van der Waals surface area contributed by atoms with Gasteiger partial charge in [-0.15, -0.1) is 0 Å². The van der Waals surface area contributed by atoms with Crippen LogP contribution in [0.4, 0.5) is 0 Å². The van der Waals surface area contributed by atoms with Gasteiger partial charge in [-0.25, -0.2) is 0 Å². The van der Waals surface area contributed by atoms with Crippen LogP contribution < -0.4 is 0 Å². The maximum absolute atomic E-state index is 12.2. The molecule has 0 aliphatic heterocycles. The maximum Gasteiger partial charge on any atom is 0.257 e. The standard InChI is InChI=1S/C14H19NO2/c1-5-15(9-10(2)3)14(17)12-8-6-7-11(4)13(12)16/h6-8,16H,2,5,9H2,1,3-4H3. The number of benzene rings is 1. The van der Waals surface area contributed by atoms with Crippen molar-refractivity contribution in [3.63, 3.8) is 0 Å². The molecule has 0 aliphatic carbocycles. The van der Waals surface area contributed by atoms with E-state index in [0.29, 0.717) is 24.2 Å². The third-order valence-electron chi connectivity index (χ3n) is 2.60. The Morgan fingerprint density at radius 3 is 2.65 bits per heavy atom. The molecule has 92 valence electrons. The Balaban J connectivity index is 3.02. The largest absolute Gasteiger partial charge is 0.507 e. The van der Waals surface area contributed by atoms with Gasteiger partial charge >= 0.3 is 0 Å². The Kier molecular flexibility index (Phi) is 4.32. The highest BCUT2D eigenvalue weighted by atomic mass is 16.3. The number of hydrogen-bond donors (Lipinski definition) is 1. The molecule has 1 N–H and O–H groups in total. The van der Waals surface area contributed by atoms with Gasteiger partial charge in [-0.2, -0.15) is 0 Å². The fraction of sp³-hybridized carbons (Fsp3) is 0.357. The summed E-state index contributed by atoms with van der Waals surface area (Å²) >= 11 is 0. The zero-order chi connectivity index (χ0) is 13.0. The summed E-state index contributed by atoms with van der Waals surface area (Å²) in [7, 11) is 0. The Bertz CT molecular complexity index is 438. The number of rotatable bonds is 4. The highest BCUT2D eigenvalue weighted by Crippen LogP contribution is 2.23. The SMILES string of the molecule is C=C(C)CN(CC)C(=O)c1cccc(C)c1O. The van der Waals surface area contributed by atoms with Crippen molar-refractivity contribution in [2.24, 2.45) is 0 Å². The molecular formula is C14H19NO2. The molecule has 0 atom stereocenters. The van der Waals surface area contributed by atoms with Gasteiger partial charge in [0.05, 0.1) is 5.56 Å². The molecule has 1 aromatic rings. The topological polar surface area (TPSA) is 40.5 Å². The number of nitrogens with zero attached hydrogens (tertiary/aromatic N) is 1. The molecule has 0 aromatic heterocycles. The number of hydrogen-bond acceptors (Lipinski definition) is 2. The van der Waals surface area contributed by atoms with Crippen molar-refractivity contribution in [1.29, 1.82) is 0 Å². The molecule has 3 nitrogen and oxygen atoms in total. The Morgan fingerprint density at radius 2 is 2.12 bits per heavy atom. The van der Waals surface area contributed by atoms with Gasteiger partial charge in [-0.1, -0.05) is 24.3 Å². The molecular weight excluding hydrogens is 214 g/mol. The average Bonchev–Trinajstić information content (AvgIpc) is 2.28. The van der Waals surface area contributed by atoms with Crippen molar-refractivity contribution in [2.45, 2.75) is 20.8 Å². The zero-order valence-electron chi connectivity index (χ0n) is 10.7. The quantitative estimate of drug-likeness (QED) is 0.812. The Morgan fingerprint density at radius 1 is 1.47 bits per heavy atom. The number of carbonyl (C=O) groups excluding carboxylic acids is 1. The van der Waals surface area contributed by atoms with E-state index in [0.717, 1.165) is 5.57 Å². The molecule has 0 heterocycles. The van der Waals surface area contributed by atoms with Crippen LogP contribution in [0.15, 0.2) is 30.4 Å². The predicted octanol–water partition coefficient (Wildman–Crippen LogP) is 2.74. The molecule has 3 heteroatoms. The minimum absolute atomic E-state index is 0.0673. The van der Waals surface area contributed by atoms with E-state index in [1.54, 1.807) is 30.0 Å². The van der Waals surface area contributed by atoms with Crippen LogP contribution in [0.2, 0.25) is 0 Å². The predicted molar refractivity (Wildman–Crippen MR) is 69.2 cm³/mol. The van der Waals surface area contributed by atoms with Gasteiger partial charge in [0.25, 0.3) is 5.91 Å². The van der Waals surface area contributed by atoms with Gasteiger partial charge in [0.2, 0.25) is 0 Å². The van der Waals surface area contributed by atoms with Crippen molar-refractivity contribution >= 4 is 5.91 Å². The van der Waals surface area contributed by atoms with Crippen LogP contribution in [0.5, 0.6) is 5.75 Å². The summed E-state index contributed by atoms with van der Waals surface area (Å²) in [6, 6.07) is 5.20. The van der Waals surface area contributed by atoms with E-state index in [-0.39, 0.29) is 11.7 Å². The lowest BCUT2D eigenvalue weighted by Crippen LogP contribution is -2.32. The highest BCUT2D eigenvalue weighted by Gasteiger charge is 2.18. The van der Waals surface area contributed by atoms with Crippen LogP contribution in [-0.2, 0) is 0 Å². The second-order valence-electron chi connectivity index (χ2n) is 4.25. The van der Waals surface area contributed by atoms with Gasteiger partial charge in [-0.05, 0) is 32.4 Å². The van der Waals surface area contributed by atoms with Crippen LogP contribution in [0.3, 0.4) is 0 Å². The van der Waals surface area contributed by atoms with Crippen LogP contribution in [0.25, 0.3) is 0 Å². The summed E-state index contributed by atoms with van der Waals surface area (Å²) in [6.45, 7) is 10.5. The number of aryl methyl sites for hydroxylation is 1.